The lowest BCUT2D eigenvalue weighted by molar-refractivity contribution is 0.0470. The molecular formula is C15H13FO3. The van der Waals surface area contributed by atoms with Gasteiger partial charge >= 0.3 is 5.97 Å². The molecule has 0 aliphatic heterocycles. The number of esters is 1. The summed E-state index contributed by atoms with van der Waals surface area (Å²) in [6.45, 7) is 0.111. The van der Waals surface area contributed by atoms with Gasteiger partial charge in [0, 0.05) is 5.56 Å². The Labute approximate surface area is 110 Å². The number of halogens is 1. The van der Waals surface area contributed by atoms with Crippen LogP contribution in [-0.2, 0) is 11.3 Å². The van der Waals surface area contributed by atoms with Gasteiger partial charge in [0.25, 0.3) is 0 Å². The van der Waals surface area contributed by atoms with Crippen molar-refractivity contribution in [2.45, 2.75) is 6.61 Å². The molecule has 2 aromatic rings. The normalized spacial score (nSPS) is 10.0. The van der Waals surface area contributed by atoms with Crippen molar-refractivity contribution in [1.82, 2.24) is 0 Å². The molecule has 0 amide bonds. The summed E-state index contributed by atoms with van der Waals surface area (Å²) in [7, 11) is 1.56. The molecule has 0 saturated heterocycles. The molecule has 2 rings (SSSR count). The van der Waals surface area contributed by atoms with Crippen LogP contribution in [0.3, 0.4) is 0 Å². The molecule has 0 N–H and O–H groups in total. The van der Waals surface area contributed by atoms with Crippen LogP contribution in [0, 0.1) is 5.82 Å². The zero-order valence-electron chi connectivity index (χ0n) is 10.4. The fourth-order valence-corrected chi connectivity index (χ4v) is 1.63. The van der Waals surface area contributed by atoms with Crippen molar-refractivity contribution < 1.29 is 18.7 Å². The van der Waals surface area contributed by atoms with Gasteiger partial charge in [0.15, 0.2) is 0 Å². The van der Waals surface area contributed by atoms with Crippen LogP contribution < -0.4 is 4.74 Å². The maximum Gasteiger partial charge on any atom is 0.338 e. The summed E-state index contributed by atoms with van der Waals surface area (Å²) in [6.07, 6.45) is 0. The van der Waals surface area contributed by atoms with Gasteiger partial charge in [0.05, 0.1) is 12.7 Å². The second kappa shape index (κ2) is 6.00. The van der Waals surface area contributed by atoms with E-state index in [9.17, 15) is 9.18 Å². The van der Waals surface area contributed by atoms with E-state index in [0.29, 0.717) is 11.3 Å². The molecule has 0 heterocycles. The average molecular weight is 260 g/mol. The van der Waals surface area contributed by atoms with E-state index in [2.05, 4.69) is 0 Å². The third-order valence-corrected chi connectivity index (χ3v) is 2.63. The molecule has 0 aliphatic rings. The van der Waals surface area contributed by atoms with Crippen molar-refractivity contribution >= 4 is 5.97 Å². The number of ether oxygens (including phenoxy) is 2. The maximum absolute atomic E-state index is 12.7. The molecule has 3 nitrogen and oxygen atoms in total. The fraction of sp³-hybridized carbons (Fsp3) is 0.133. The quantitative estimate of drug-likeness (QED) is 0.792. The topological polar surface area (TPSA) is 35.5 Å². The summed E-state index contributed by atoms with van der Waals surface area (Å²) in [5.74, 6) is -0.221. The number of carbonyl (C=O) groups is 1. The van der Waals surface area contributed by atoms with Gasteiger partial charge in [-0.15, -0.1) is 0 Å². The minimum Gasteiger partial charge on any atom is -0.496 e. The third kappa shape index (κ3) is 3.31. The minimum absolute atomic E-state index is 0.111. The molecule has 0 spiro atoms. The van der Waals surface area contributed by atoms with Crippen molar-refractivity contribution in [2.75, 3.05) is 7.11 Å². The van der Waals surface area contributed by atoms with Crippen LogP contribution >= 0.6 is 0 Å². The molecular weight excluding hydrogens is 247 g/mol. The maximum atomic E-state index is 12.7. The van der Waals surface area contributed by atoms with Crippen LogP contribution in [0.4, 0.5) is 4.39 Å². The lowest BCUT2D eigenvalue weighted by Gasteiger charge is -2.09. The highest BCUT2D eigenvalue weighted by atomic mass is 19.1. The van der Waals surface area contributed by atoms with E-state index in [4.69, 9.17) is 9.47 Å². The monoisotopic (exact) mass is 260 g/mol. The Morgan fingerprint density at radius 1 is 1.11 bits per heavy atom. The minimum atomic E-state index is -0.495. The molecule has 0 radical (unpaired) electrons. The molecule has 0 atom stereocenters. The number of hydrogen-bond donors (Lipinski definition) is 0. The molecule has 4 heteroatoms. The second-order valence-corrected chi connectivity index (χ2v) is 3.89. The molecule has 0 bridgehead atoms. The van der Waals surface area contributed by atoms with Gasteiger partial charge in [0.2, 0.25) is 0 Å². The van der Waals surface area contributed by atoms with Crippen LogP contribution in [0.2, 0.25) is 0 Å². The van der Waals surface area contributed by atoms with E-state index in [1.807, 2.05) is 18.2 Å². The molecule has 0 fully saturated rings. The van der Waals surface area contributed by atoms with Gasteiger partial charge in [-0.3, -0.25) is 0 Å². The molecule has 2 aromatic carbocycles. The van der Waals surface area contributed by atoms with Gasteiger partial charge in [-0.25, -0.2) is 9.18 Å². The number of benzene rings is 2. The van der Waals surface area contributed by atoms with Gasteiger partial charge in [0.1, 0.15) is 18.2 Å². The SMILES string of the molecule is COc1ccccc1COC(=O)c1ccc(F)cc1. The summed E-state index contributed by atoms with van der Waals surface area (Å²) < 4.78 is 23.0. The predicted octanol–water partition coefficient (Wildman–Crippen LogP) is 3.19. The number of para-hydroxylation sites is 1. The number of hydrogen-bond acceptors (Lipinski definition) is 3. The summed E-state index contributed by atoms with van der Waals surface area (Å²) in [6, 6.07) is 12.5. The number of carbonyl (C=O) groups excluding carboxylic acids is 1. The van der Waals surface area contributed by atoms with E-state index in [1.54, 1.807) is 13.2 Å². The third-order valence-electron chi connectivity index (χ3n) is 2.63. The van der Waals surface area contributed by atoms with Gasteiger partial charge in [-0.05, 0) is 30.3 Å². The van der Waals surface area contributed by atoms with E-state index in [0.717, 1.165) is 5.56 Å². The number of rotatable bonds is 4. The highest BCUT2D eigenvalue weighted by molar-refractivity contribution is 5.89. The van der Waals surface area contributed by atoms with Crippen LogP contribution in [0.15, 0.2) is 48.5 Å². The fourth-order valence-electron chi connectivity index (χ4n) is 1.63. The molecule has 0 aliphatic carbocycles. The highest BCUT2D eigenvalue weighted by Crippen LogP contribution is 2.18. The lowest BCUT2D eigenvalue weighted by Crippen LogP contribution is -2.06. The van der Waals surface area contributed by atoms with Gasteiger partial charge in [-0.2, -0.15) is 0 Å². The van der Waals surface area contributed by atoms with Gasteiger partial charge < -0.3 is 9.47 Å². The second-order valence-electron chi connectivity index (χ2n) is 3.89. The first-order valence-electron chi connectivity index (χ1n) is 5.75. The Balaban J connectivity index is 2.02. The zero-order chi connectivity index (χ0) is 13.7. The molecule has 0 saturated carbocycles. The molecule has 19 heavy (non-hydrogen) atoms. The largest absolute Gasteiger partial charge is 0.496 e. The summed E-state index contributed by atoms with van der Waals surface area (Å²) in [5.41, 5.74) is 1.09. The van der Waals surface area contributed by atoms with Crippen molar-refractivity contribution in [1.29, 1.82) is 0 Å². The van der Waals surface area contributed by atoms with Crippen LogP contribution in [-0.4, -0.2) is 13.1 Å². The first kappa shape index (κ1) is 13.1. The van der Waals surface area contributed by atoms with Crippen LogP contribution in [0.25, 0.3) is 0 Å². The lowest BCUT2D eigenvalue weighted by atomic mass is 10.2. The first-order chi connectivity index (χ1) is 9.20. The Hall–Kier alpha value is -2.36. The Bertz CT molecular complexity index is 564. The Kier molecular flexibility index (Phi) is 4.13. The zero-order valence-corrected chi connectivity index (χ0v) is 10.4. The smallest absolute Gasteiger partial charge is 0.338 e. The Morgan fingerprint density at radius 2 is 1.79 bits per heavy atom. The van der Waals surface area contributed by atoms with Crippen molar-refractivity contribution in [3.8, 4) is 5.75 Å². The predicted molar refractivity (Wildman–Crippen MR) is 68.5 cm³/mol. The van der Waals surface area contributed by atoms with Crippen LogP contribution in [0.5, 0.6) is 5.75 Å². The van der Waals surface area contributed by atoms with Crippen LogP contribution in [0.1, 0.15) is 15.9 Å². The Morgan fingerprint density at radius 3 is 2.47 bits per heavy atom. The van der Waals surface area contributed by atoms with E-state index in [1.165, 1.54) is 24.3 Å². The van der Waals surface area contributed by atoms with E-state index in [-0.39, 0.29) is 12.4 Å². The summed E-state index contributed by atoms with van der Waals surface area (Å²) in [4.78, 5) is 11.7. The van der Waals surface area contributed by atoms with Crippen molar-refractivity contribution in [2.24, 2.45) is 0 Å². The highest BCUT2D eigenvalue weighted by Gasteiger charge is 2.09. The molecule has 0 aromatic heterocycles. The van der Waals surface area contributed by atoms with E-state index < -0.39 is 5.97 Å². The summed E-state index contributed by atoms with van der Waals surface area (Å²) in [5, 5.41) is 0. The average Bonchev–Trinajstić information content (AvgIpc) is 2.45. The van der Waals surface area contributed by atoms with Gasteiger partial charge in [-0.1, -0.05) is 18.2 Å². The summed E-state index contributed by atoms with van der Waals surface area (Å²) >= 11 is 0. The standard InChI is InChI=1S/C15H13FO3/c1-18-14-5-3-2-4-12(14)10-19-15(17)11-6-8-13(16)9-7-11/h2-9H,10H2,1H3. The van der Waals surface area contributed by atoms with Crippen molar-refractivity contribution in [3.05, 3.63) is 65.5 Å². The molecule has 98 valence electrons. The first-order valence-corrected chi connectivity index (χ1v) is 5.75. The van der Waals surface area contributed by atoms with E-state index >= 15 is 0 Å². The van der Waals surface area contributed by atoms with Crippen molar-refractivity contribution in [3.63, 3.8) is 0 Å². The molecule has 0 unspecified atom stereocenters. The number of methoxy groups -OCH3 is 1.